The van der Waals surface area contributed by atoms with Crippen LogP contribution >= 0.6 is 0 Å². The van der Waals surface area contributed by atoms with Crippen LogP contribution in [0.25, 0.3) is 5.69 Å². The zero-order valence-corrected chi connectivity index (χ0v) is 12.7. The minimum Gasteiger partial charge on any atom is -0.478 e. The summed E-state index contributed by atoms with van der Waals surface area (Å²) in [7, 11) is 0. The third-order valence-corrected chi connectivity index (χ3v) is 3.79. The zero-order chi connectivity index (χ0) is 15.7. The molecule has 110 valence electrons. The molecule has 0 fully saturated rings. The molecule has 0 unspecified atom stereocenters. The van der Waals surface area contributed by atoms with Crippen molar-refractivity contribution in [2.75, 3.05) is 0 Å². The molecule has 1 heterocycles. The zero-order valence-electron chi connectivity index (χ0n) is 12.7. The lowest BCUT2D eigenvalue weighted by atomic mass is 10.0. The lowest BCUT2D eigenvalue weighted by Gasteiger charge is -2.18. The molecule has 0 aliphatic rings. The molecule has 0 bridgehead atoms. The van der Waals surface area contributed by atoms with Gasteiger partial charge in [-0.3, -0.25) is 9.36 Å². The van der Waals surface area contributed by atoms with E-state index in [2.05, 4.69) is 0 Å². The minimum absolute atomic E-state index is 0.194. The van der Waals surface area contributed by atoms with E-state index in [1.165, 1.54) is 10.6 Å². The molecular weight excluding hydrogens is 266 g/mol. The molecule has 0 saturated heterocycles. The molecule has 0 spiro atoms. The second kappa shape index (κ2) is 5.56. The van der Waals surface area contributed by atoms with Crippen LogP contribution in [0.1, 0.15) is 39.7 Å². The van der Waals surface area contributed by atoms with Gasteiger partial charge in [-0.05, 0) is 43.9 Å². The Labute approximate surface area is 123 Å². The molecule has 0 atom stereocenters. The lowest BCUT2D eigenvalue weighted by molar-refractivity contribution is 0.0694. The number of pyridine rings is 1. The third-order valence-electron chi connectivity index (χ3n) is 3.79. The van der Waals surface area contributed by atoms with Crippen molar-refractivity contribution in [3.8, 4) is 5.69 Å². The summed E-state index contributed by atoms with van der Waals surface area (Å²) < 4.78 is 1.52. The molecule has 1 aromatic heterocycles. The number of aryl methyl sites for hydroxylation is 3. The van der Waals surface area contributed by atoms with E-state index in [-0.39, 0.29) is 11.1 Å². The molecule has 0 aliphatic carbocycles. The molecule has 4 nitrogen and oxygen atoms in total. The summed E-state index contributed by atoms with van der Waals surface area (Å²) >= 11 is 0. The predicted molar refractivity (Wildman–Crippen MR) is 82.6 cm³/mol. The third kappa shape index (κ3) is 2.49. The van der Waals surface area contributed by atoms with Crippen LogP contribution in [0.4, 0.5) is 0 Å². The number of benzene rings is 1. The second-order valence-electron chi connectivity index (χ2n) is 5.20. The highest BCUT2D eigenvalue weighted by Crippen LogP contribution is 2.22. The summed E-state index contributed by atoms with van der Waals surface area (Å²) in [6.07, 6.45) is 0.777. The van der Waals surface area contributed by atoms with Crippen LogP contribution in [-0.4, -0.2) is 15.6 Å². The van der Waals surface area contributed by atoms with E-state index in [1.54, 1.807) is 13.8 Å². The van der Waals surface area contributed by atoms with Crippen LogP contribution in [0.5, 0.6) is 0 Å². The average Bonchev–Trinajstić information content (AvgIpc) is 2.39. The first-order valence-corrected chi connectivity index (χ1v) is 6.93. The maximum Gasteiger partial charge on any atom is 0.337 e. The van der Waals surface area contributed by atoms with Crippen LogP contribution < -0.4 is 5.56 Å². The highest BCUT2D eigenvalue weighted by atomic mass is 16.4. The number of hydrogen-bond donors (Lipinski definition) is 1. The van der Waals surface area contributed by atoms with E-state index in [0.29, 0.717) is 11.3 Å². The van der Waals surface area contributed by atoms with E-state index in [1.807, 2.05) is 32.0 Å². The summed E-state index contributed by atoms with van der Waals surface area (Å²) in [5, 5.41) is 9.39. The van der Waals surface area contributed by atoms with Crippen molar-refractivity contribution in [2.45, 2.75) is 34.1 Å². The van der Waals surface area contributed by atoms with Gasteiger partial charge in [-0.15, -0.1) is 0 Å². The van der Waals surface area contributed by atoms with Crippen LogP contribution in [-0.2, 0) is 6.42 Å². The van der Waals surface area contributed by atoms with Gasteiger partial charge in [0.05, 0.1) is 11.3 Å². The van der Waals surface area contributed by atoms with E-state index in [4.69, 9.17) is 0 Å². The van der Waals surface area contributed by atoms with Crippen LogP contribution in [0, 0.1) is 20.8 Å². The number of rotatable bonds is 3. The maximum atomic E-state index is 12.4. The van der Waals surface area contributed by atoms with Crippen LogP contribution in [0.2, 0.25) is 0 Å². The first-order valence-electron chi connectivity index (χ1n) is 6.93. The summed E-state index contributed by atoms with van der Waals surface area (Å²) in [6, 6.07) is 7.24. The highest BCUT2D eigenvalue weighted by Gasteiger charge is 2.18. The quantitative estimate of drug-likeness (QED) is 0.943. The Balaban J connectivity index is 2.92. The first kappa shape index (κ1) is 15.0. The van der Waals surface area contributed by atoms with Gasteiger partial charge in [0.25, 0.3) is 5.56 Å². The summed E-state index contributed by atoms with van der Waals surface area (Å²) in [4.78, 5) is 23.9. The van der Waals surface area contributed by atoms with Crippen LogP contribution in [0.15, 0.2) is 29.1 Å². The topological polar surface area (TPSA) is 59.3 Å². The van der Waals surface area contributed by atoms with E-state index in [9.17, 15) is 14.7 Å². The van der Waals surface area contributed by atoms with Crippen molar-refractivity contribution < 1.29 is 9.90 Å². The van der Waals surface area contributed by atoms with Crippen molar-refractivity contribution in [2.24, 2.45) is 0 Å². The van der Waals surface area contributed by atoms with Gasteiger partial charge in [0.2, 0.25) is 0 Å². The Hall–Kier alpha value is -2.36. The Morgan fingerprint density at radius 3 is 2.43 bits per heavy atom. The number of para-hydroxylation sites is 1. The maximum absolute atomic E-state index is 12.4. The monoisotopic (exact) mass is 285 g/mol. The molecule has 0 radical (unpaired) electrons. The van der Waals surface area contributed by atoms with E-state index >= 15 is 0 Å². The van der Waals surface area contributed by atoms with Gasteiger partial charge >= 0.3 is 5.97 Å². The van der Waals surface area contributed by atoms with Gasteiger partial charge in [-0.1, -0.05) is 25.1 Å². The Kier molecular flexibility index (Phi) is 3.98. The van der Waals surface area contributed by atoms with Gasteiger partial charge < -0.3 is 5.11 Å². The van der Waals surface area contributed by atoms with Crippen molar-refractivity contribution in [3.05, 3.63) is 62.6 Å². The fourth-order valence-electron chi connectivity index (χ4n) is 2.81. The van der Waals surface area contributed by atoms with E-state index in [0.717, 1.165) is 23.2 Å². The number of aromatic carboxylic acids is 1. The normalized spacial score (nSPS) is 10.7. The Morgan fingerprint density at radius 2 is 1.86 bits per heavy atom. The number of carboxylic acid groups (broad SMARTS) is 1. The predicted octanol–water partition coefficient (Wildman–Crippen LogP) is 3.02. The van der Waals surface area contributed by atoms with Crippen molar-refractivity contribution in [1.29, 1.82) is 0 Å². The number of carbonyl (C=O) groups is 1. The van der Waals surface area contributed by atoms with Crippen molar-refractivity contribution in [3.63, 3.8) is 0 Å². The average molecular weight is 285 g/mol. The van der Waals surface area contributed by atoms with Crippen molar-refractivity contribution >= 4 is 5.97 Å². The molecule has 1 N–H and O–H groups in total. The Morgan fingerprint density at radius 1 is 1.19 bits per heavy atom. The van der Waals surface area contributed by atoms with Gasteiger partial charge in [0, 0.05) is 11.8 Å². The van der Waals surface area contributed by atoms with Gasteiger partial charge in [0.15, 0.2) is 0 Å². The Bertz CT molecular complexity index is 772. The molecule has 2 aromatic rings. The lowest BCUT2D eigenvalue weighted by Crippen LogP contribution is -2.25. The number of nitrogens with zero attached hydrogens (tertiary/aromatic N) is 1. The summed E-state index contributed by atoms with van der Waals surface area (Å²) in [5.41, 5.74) is 3.74. The fraction of sp³-hybridized carbons (Fsp3) is 0.294. The molecule has 2 rings (SSSR count). The second-order valence-corrected chi connectivity index (χ2v) is 5.20. The molecule has 0 amide bonds. The molecule has 21 heavy (non-hydrogen) atoms. The first-order chi connectivity index (χ1) is 9.88. The summed E-state index contributed by atoms with van der Waals surface area (Å²) in [6.45, 7) is 7.29. The SMILES string of the molecule is CCc1cccc(C)c1-n1c(C)c(C(=O)O)c(C)cc1=O. The van der Waals surface area contributed by atoms with Gasteiger partial charge in [0.1, 0.15) is 0 Å². The molecule has 1 aromatic carbocycles. The summed E-state index contributed by atoms with van der Waals surface area (Å²) in [5.74, 6) is -1.01. The van der Waals surface area contributed by atoms with E-state index < -0.39 is 5.97 Å². The number of carboxylic acids is 1. The van der Waals surface area contributed by atoms with Crippen LogP contribution in [0.3, 0.4) is 0 Å². The molecule has 4 heteroatoms. The minimum atomic E-state index is -1.01. The number of hydrogen-bond acceptors (Lipinski definition) is 2. The highest BCUT2D eigenvalue weighted by molar-refractivity contribution is 5.90. The largest absolute Gasteiger partial charge is 0.478 e. The standard InChI is InChI=1S/C17H19NO3/c1-5-13-8-6-7-10(2)16(13)18-12(4)15(17(20)21)11(3)9-14(18)19/h6-9H,5H2,1-4H3,(H,20,21). The smallest absolute Gasteiger partial charge is 0.337 e. The number of aromatic nitrogens is 1. The fourth-order valence-corrected chi connectivity index (χ4v) is 2.81. The molecule has 0 aliphatic heterocycles. The van der Waals surface area contributed by atoms with Crippen molar-refractivity contribution in [1.82, 2.24) is 4.57 Å². The molecular formula is C17H19NO3. The molecule has 0 saturated carbocycles. The van der Waals surface area contributed by atoms with Gasteiger partial charge in [-0.2, -0.15) is 0 Å². The van der Waals surface area contributed by atoms with Gasteiger partial charge in [-0.25, -0.2) is 4.79 Å².